The largest absolute Gasteiger partial charge is 0.445 e. The Kier molecular flexibility index (Phi) is 5.90. The fourth-order valence-electron chi connectivity index (χ4n) is 2.17. The van der Waals surface area contributed by atoms with Crippen molar-refractivity contribution in [2.24, 2.45) is 5.92 Å². The topological polar surface area (TPSA) is 38.3 Å². The molecule has 1 aromatic carbocycles. The minimum absolute atomic E-state index is 0.309. The van der Waals surface area contributed by atoms with Crippen molar-refractivity contribution in [1.29, 1.82) is 0 Å². The van der Waals surface area contributed by atoms with E-state index in [0.717, 1.165) is 18.4 Å². The van der Waals surface area contributed by atoms with Gasteiger partial charge in [-0.2, -0.15) is 0 Å². The summed E-state index contributed by atoms with van der Waals surface area (Å²) in [6, 6.07) is 9.66. The van der Waals surface area contributed by atoms with Gasteiger partial charge in [0.2, 0.25) is 0 Å². The van der Waals surface area contributed by atoms with E-state index >= 15 is 0 Å². The van der Waals surface area contributed by atoms with E-state index in [1.165, 1.54) is 6.42 Å². The van der Waals surface area contributed by atoms with E-state index in [9.17, 15) is 4.79 Å². The van der Waals surface area contributed by atoms with Crippen LogP contribution in [-0.2, 0) is 11.3 Å². The number of alkyl carbamates (subject to hydrolysis) is 1. The first kappa shape index (κ1) is 14.4. The van der Waals surface area contributed by atoms with Gasteiger partial charge in [0.1, 0.15) is 6.61 Å². The van der Waals surface area contributed by atoms with Gasteiger partial charge in [0.25, 0.3) is 0 Å². The molecule has 0 fully saturated rings. The van der Waals surface area contributed by atoms with Gasteiger partial charge in [0.15, 0.2) is 0 Å². The lowest BCUT2D eigenvalue weighted by molar-refractivity contribution is 0.140. The van der Waals surface area contributed by atoms with Gasteiger partial charge < -0.3 is 10.1 Å². The minimum atomic E-state index is -0.373. The Bertz CT molecular complexity index is 465. The van der Waals surface area contributed by atoms with Gasteiger partial charge in [-0.1, -0.05) is 54.6 Å². The maximum absolute atomic E-state index is 11.5. The van der Waals surface area contributed by atoms with Gasteiger partial charge >= 0.3 is 6.09 Å². The summed E-state index contributed by atoms with van der Waals surface area (Å²) in [5.41, 5.74) is 0.993. The monoisotopic (exact) mass is 271 g/mol. The maximum atomic E-state index is 11.5. The zero-order valence-electron chi connectivity index (χ0n) is 11.6. The second-order valence-corrected chi connectivity index (χ2v) is 4.92. The average molecular weight is 271 g/mol. The molecule has 1 aliphatic rings. The number of carbonyl (C=O) groups excluding carboxylic acids is 1. The molecule has 0 bridgehead atoms. The molecular weight excluding hydrogens is 250 g/mol. The van der Waals surface area contributed by atoms with Crippen LogP contribution in [0.3, 0.4) is 0 Å². The molecule has 0 aromatic heterocycles. The highest BCUT2D eigenvalue weighted by atomic mass is 16.5. The Morgan fingerprint density at radius 2 is 2.15 bits per heavy atom. The number of benzene rings is 1. The van der Waals surface area contributed by atoms with Crippen LogP contribution >= 0.6 is 0 Å². The molecule has 0 saturated heterocycles. The Labute approximate surface area is 120 Å². The summed E-state index contributed by atoms with van der Waals surface area (Å²) < 4.78 is 5.13. The smallest absolute Gasteiger partial charge is 0.407 e. The van der Waals surface area contributed by atoms with Crippen molar-refractivity contribution >= 4 is 6.09 Å². The number of amides is 1. The van der Waals surface area contributed by atoms with Gasteiger partial charge in [-0.25, -0.2) is 4.79 Å². The summed E-state index contributed by atoms with van der Waals surface area (Å²) in [7, 11) is 0. The average Bonchev–Trinajstić information content (AvgIpc) is 2.52. The van der Waals surface area contributed by atoms with Gasteiger partial charge in [0.05, 0.1) is 0 Å². The van der Waals surface area contributed by atoms with Crippen molar-refractivity contribution in [2.75, 3.05) is 6.54 Å². The highest BCUT2D eigenvalue weighted by molar-refractivity contribution is 5.67. The van der Waals surface area contributed by atoms with E-state index in [-0.39, 0.29) is 6.09 Å². The van der Waals surface area contributed by atoms with Crippen LogP contribution in [0.2, 0.25) is 0 Å². The molecule has 0 radical (unpaired) electrons. The molecule has 3 nitrogen and oxygen atoms in total. The molecule has 3 heteroatoms. The molecule has 1 aromatic rings. The molecule has 1 aliphatic carbocycles. The van der Waals surface area contributed by atoms with E-state index in [0.29, 0.717) is 19.1 Å². The molecule has 0 saturated carbocycles. The summed E-state index contributed by atoms with van der Waals surface area (Å²) in [6.07, 6.45) is 11.7. The van der Waals surface area contributed by atoms with E-state index in [2.05, 4.69) is 23.5 Å². The number of rotatable bonds is 5. The quantitative estimate of drug-likeness (QED) is 0.827. The second kappa shape index (κ2) is 8.20. The lowest BCUT2D eigenvalue weighted by Gasteiger charge is -2.12. The Morgan fingerprint density at radius 3 is 2.90 bits per heavy atom. The van der Waals surface area contributed by atoms with Crippen LogP contribution in [0.15, 0.2) is 54.6 Å². The number of carbonyl (C=O) groups is 1. The predicted octanol–water partition coefficient (Wildman–Crippen LogP) is 3.83. The minimum Gasteiger partial charge on any atom is -0.445 e. The molecule has 1 N–H and O–H groups in total. The third-order valence-electron chi connectivity index (χ3n) is 3.29. The molecule has 0 heterocycles. The normalized spacial score (nSPS) is 18.1. The SMILES string of the molecule is O=C(NC/C=C/C1CC=CCC1)OCc1ccccc1. The molecule has 1 amide bonds. The Hall–Kier alpha value is -2.03. The number of allylic oxidation sites excluding steroid dienone is 3. The zero-order valence-corrected chi connectivity index (χ0v) is 11.6. The lowest BCUT2D eigenvalue weighted by Crippen LogP contribution is -2.24. The zero-order chi connectivity index (χ0) is 14.0. The van der Waals surface area contributed by atoms with Crippen molar-refractivity contribution in [2.45, 2.75) is 25.9 Å². The van der Waals surface area contributed by atoms with Gasteiger partial charge in [-0.3, -0.25) is 0 Å². The summed E-state index contributed by atoms with van der Waals surface area (Å²) in [6.45, 7) is 0.831. The molecule has 2 rings (SSSR count). The van der Waals surface area contributed by atoms with E-state index in [4.69, 9.17) is 4.74 Å². The van der Waals surface area contributed by atoms with Crippen molar-refractivity contribution < 1.29 is 9.53 Å². The molecule has 1 unspecified atom stereocenters. The third-order valence-corrected chi connectivity index (χ3v) is 3.29. The van der Waals surface area contributed by atoms with E-state index < -0.39 is 0 Å². The molecule has 0 aliphatic heterocycles. The van der Waals surface area contributed by atoms with Crippen molar-refractivity contribution in [3.63, 3.8) is 0 Å². The highest BCUT2D eigenvalue weighted by Crippen LogP contribution is 2.18. The van der Waals surface area contributed by atoms with Crippen LogP contribution in [0.25, 0.3) is 0 Å². The number of ether oxygens (including phenoxy) is 1. The summed E-state index contributed by atoms with van der Waals surface area (Å²) in [5.74, 6) is 0.613. The fraction of sp³-hybridized carbons (Fsp3) is 0.353. The van der Waals surface area contributed by atoms with Gasteiger partial charge in [-0.05, 0) is 30.7 Å². The summed E-state index contributed by atoms with van der Waals surface area (Å²) >= 11 is 0. The van der Waals surface area contributed by atoms with Crippen LogP contribution in [-0.4, -0.2) is 12.6 Å². The number of nitrogens with one attached hydrogen (secondary N) is 1. The first-order chi connectivity index (χ1) is 9.84. The number of hydrogen-bond acceptors (Lipinski definition) is 2. The van der Waals surface area contributed by atoms with E-state index in [1.54, 1.807) is 0 Å². The molecular formula is C17H21NO2. The van der Waals surface area contributed by atoms with Crippen LogP contribution in [0.1, 0.15) is 24.8 Å². The van der Waals surface area contributed by atoms with Crippen molar-refractivity contribution in [3.8, 4) is 0 Å². The van der Waals surface area contributed by atoms with Crippen molar-refractivity contribution in [1.82, 2.24) is 5.32 Å². The molecule has 0 spiro atoms. The first-order valence-corrected chi connectivity index (χ1v) is 7.11. The molecule has 106 valence electrons. The van der Waals surface area contributed by atoms with E-state index in [1.807, 2.05) is 36.4 Å². The Balaban J connectivity index is 1.60. The van der Waals surface area contributed by atoms with Gasteiger partial charge in [-0.15, -0.1) is 0 Å². The third kappa shape index (κ3) is 5.31. The number of hydrogen-bond donors (Lipinski definition) is 1. The fourth-order valence-corrected chi connectivity index (χ4v) is 2.17. The first-order valence-electron chi connectivity index (χ1n) is 7.11. The second-order valence-electron chi connectivity index (χ2n) is 4.92. The summed E-state index contributed by atoms with van der Waals surface area (Å²) in [5, 5.41) is 2.73. The standard InChI is InChI=1S/C17H21NO2/c19-17(20-14-16-10-5-2-6-11-16)18-13-7-12-15-8-3-1-4-9-15/h1-3,5-7,10-12,15H,4,8-9,13-14H2,(H,18,19)/b12-7+. The van der Waals surface area contributed by atoms with Gasteiger partial charge in [0, 0.05) is 6.54 Å². The summed E-state index contributed by atoms with van der Waals surface area (Å²) in [4.78, 5) is 11.5. The molecule has 1 atom stereocenters. The Morgan fingerprint density at radius 1 is 1.30 bits per heavy atom. The maximum Gasteiger partial charge on any atom is 0.407 e. The predicted molar refractivity (Wildman–Crippen MR) is 80.3 cm³/mol. The van der Waals surface area contributed by atoms with Crippen LogP contribution in [0, 0.1) is 5.92 Å². The molecule has 20 heavy (non-hydrogen) atoms. The van der Waals surface area contributed by atoms with Crippen LogP contribution < -0.4 is 5.32 Å². The van der Waals surface area contributed by atoms with Crippen LogP contribution in [0.4, 0.5) is 4.79 Å². The highest BCUT2D eigenvalue weighted by Gasteiger charge is 2.05. The van der Waals surface area contributed by atoms with Crippen LogP contribution in [0.5, 0.6) is 0 Å². The van der Waals surface area contributed by atoms with Crippen molar-refractivity contribution in [3.05, 3.63) is 60.2 Å². The lowest BCUT2D eigenvalue weighted by atomic mass is 9.94.